The van der Waals surface area contributed by atoms with Gasteiger partial charge in [0.05, 0.1) is 19.1 Å². The van der Waals surface area contributed by atoms with Gasteiger partial charge in [-0.3, -0.25) is 9.59 Å². The zero-order valence-electron chi connectivity index (χ0n) is 11.9. The van der Waals surface area contributed by atoms with Gasteiger partial charge in [0.25, 0.3) is 0 Å². The zero-order chi connectivity index (χ0) is 15.3. The van der Waals surface area contributed by atoms with E-state index in [4.69, 9.17) is 4.74 Å². The van der Waals surface area contributed by atoms with Crippen molar-refractivity contribution in [1.29, 1.82) is 0 Å². The number of rotatable bonds is 2. The number of Topliss-reactive ketones (excluding diaryl/α,β-unsaturated/α-hetero) is 1. The Kier molecular flexibility index (Phi) is 3.24. The molecule has 0 aliphatic heterocycles. The maximum Gasteiger partial charge on any atom is 0.310 e. The number of aliphatic hydroxyl groups is 1. The van der Waals surface area contributed by atoms with Crippen LogP contribution in [0.25, 0.3) is 0 Å². The summed E-state index contributed by atoms with van der Waals surface area (Å²) in [7, 11) is 1.32. The molecule has 5 unspecified atom stereocenters. The van der Waals surface area contributed by atoms with E-state index in [1.54, 1.807) is 18.2 Å². The number of methoxy groups -OCH3 is 1. The lowest BCUT2D eigenvalue weighted by Gasteiger charge is -2.49. The number of carbonyl (C=O) groups excluding carboxylic acids is 2. The highest BCUT2D eigenvalue weighted by Crippen LogP contribution is 2.56. The Labute approximate surface area is 122 Å². The summed E-state index contributed by atoms with van der Waals surface area (Å²) in [6, 6.07) is 4.95. The first-order valence-corrected chi connectivity index (χ1v) is 7.04. The van der Waals surface area contributed by atoms with Crippen molar-refractivity contribution in [2.24, 2.45) is 11.8 Å². The number of carbonyl (C=O) groups is 2. The number of benzene rings is 1. The topological polar surface area (TPSA) is 83.8 Å². The van der Waals surface area contributed by atoms with Crippen LogP contribution in [0.2, 0.25) is 0 Å². The van der Waals surface area contributed by atoms with Crippen molar-refractivity contribution >= 4 is 11.8 Å². The lowest BCUT2D eigenvalue weighted by Crippen LogP contribution is -2.51. The Morgan fingerprint density at radius 1 is 1.24 bits per heavy atom. The molecular formula is C16H18O5. The summed E-state index contributed by atoms with van der Waals surface area (Å²) in [5.74, 6) is -2.30. The summed E-state index contributed by atoms with van der Waals surface area (Å²) in [4.78, 5) is 24.2. The molecule has 3 aliphatic carbocycles. The number of aromatic hydroxyl groups is 1. The van der Waals surface area contributed by atoms with E-state index in [1.165, 1.54) is 14.0 Å². The lowest BCUT2D eigenvalue weighted by atomic mass is 9.54. The summed E-state index contributed by atoms with van der Waals surface area (Å²) >= 11 is 0. The fourth-order valence-electron chi connectivity index (χ4n) is 4.13. The monoisotopic (exact) mass is 290 g/mol. The van der Waals surface area contributed by atoms with E-state index in [1.807, 2.05) is 0 Å². The van der Waals surface area contributed by atoms with Crippen molar-refractivity contribution in [3.63, 3.8) is 0 Å². The third kappa shape index (κ3) is 1.95. The van der Waals surface area contributed by atoms with Gasteiger partial charge in [0.15, 0.2) is 0 Å². The van der Waals surface area contributed by atoms with Crippen LogP contribution in [0, 0.1) is 11.8 Å². The maximum absolute atomic E-state index is 12.1. The van der Waals surface area contributed by atoms with E-state index < -0.39 is 29.8 Å². The minimum atomic E-state index is -0.681. The van der Waals surface area contributed by atoms with Crippen molar-refractivity contribution in [3.05, 3.63) is 29.3 Å². The van der Waals surface area contributed by atoms with Crippen LogP contribution < -0.4 is 0 Å². The van der Waals surface area contributed by atoms with Gasteiger partial charge in [-0.1, -0.05) is 6.07 Å². The molecule has 0 aromatic heterocycles. The third-order valence-electron chi connectivity index (χ3n) is 4.89. The highest BCUT2D eigenvalue weighted by Gasteiger charge is 2.55. The molecule has 1 aromatic carbocycles. The third-order valence-corrected chi connectivity index (χ3v) is 4.89. The quantitative estimate of drug-likeness (QED) is 0.803. The van der Waals surface area contributed by atoms with Gasteiger partial charge < -0.3 is 14.9 Å². The molecule has 5 nitrogen and oxygen atoms in total. The van der Waals surface area contributed by atoms with Crippen molar-refractivity contribution in [3.8, 4) is 5.75 Å². The van der Waals surface area contributed by atoms with Gasteiger partial charge in [0.1, 0.15) is 11.5 Å². The molecule has 21 heavy (non-hydrogen) atoms. The first-order chi connectivity index (χ1) is 9.95. The van der Waals surface area contributed by atoms with Crippen LogP contribution in [0.5, 0.6) is 5.75 Å². The first kappa shape index (κ1) is 14.1. The second-order valence-corrected chi connectivity index (χ2v) is 5.93. The van der Waals surface area contributed by atoms with Gasteiger partial charge in [0, 0.05) is 17.8 Å². The average molecular weight is 290 g/mol. The molecule has 3 aliphatic rings. The Morgan fingerprint density at radius 3 is 2.57 bits per heavy atom. The number of esters is 1. The summed E-state index contributed by atoms with van der Waals surface area (Å²) in [5, 5.41) is 20.0. The molecule has 0 saturated heterocycles. The average Bonchev–Trinajstić information content (AvgIpc) is 2.45. The Hall–Kier alpha value is -1.88. The lowest BCUT2D eigenvalue weighted by molar-refractivity contribution is -0.156. The van der Waals surface area contributed by atoms with Crippen molar-refractivity contribution < 1.29 is 24.5 Å². The first-order valence-electron chi connectivity index (χ1n) is 7.04. The molecule has 0 amide bonds. The molecular weight excluding hydrogens is 272 g/mol. The van der Waals surface area contributed by atoms with Crippen LogP contribution in [0.4, 0.5) is 0 Å². The molecule has 2 bridgehead atoms. The number of ether oxygens (including phenoxy) is 1. The van der Waals surface area contributed by atoms with Crippen molar-refractivity contribution in [1.82, 2.24) is 0 Å². The summed E-state index contributed by atoms with van der Waals surface area (Å²) in [6.45, 7) is 1.44. The number of fused-ring (bicyclic) bond motifs is 2. The Bertz CT molecular complexity index is 609. The van der Waals surface area contributed by atoms with Gasteiger partial charge >= 0.3 is 5.97 Å². The number of phenolic OH excluding ortho intramolecular Hbond substituents is 1. The number of hydrogen-bond acceptors (Lipinski definition) is 5. The molecule has 5 heteroatoms. The number of hydrogen-bond donors (Lipinski definition) is 2. The highest BCUT2D eigenvalue weighted by molar-refractivity contribution is 5.88. The van der Waals surface area contributed by atoms with Gasteiger partial charge in [-0.05, 0) is 36.6 Å². The minimum absolute atomic E-state index is 0.102. The highest BCUT2D eigenvalue weighted by atomic mass is 16.5. The fourth-order valence-corrected chi connectivity index (χ4v) is 4.13. The van der Waals surface area contributed by atoms with Crippen LogP contribution in [-0.4, -0.2) is 35.2 Å². The second kappa shape index (κ2) is 4.84. The molecule has 4 rings (SSSR count). The molecule has 2 N–H and O–H groups in total. The maximum atomic E-state index is 12.1. The molecule has 112 valence electrons. The van der Waals surface area contributed by atoms with Crippen LogP contribution in [0.15, 0.2) is 18.2 Å². The van der Waals surface area contributed by atoms with E-state index >= 15 is 0 Å². The fraction of sp³-hybridized carbons (Fsp3) is 0.500. The molecule has 0 radical (unpaired) electrons. The summed E-state index contributed by atoms with van der Waals surface area (Å²) < 4.78 is 4.87. The number of aliphatic hydroxyl groups excluding tert-OH is 1. The molecule has 0 heterocycles. The molecule has 5 atom stereocenters. The van der Waals surface area contributed by atoms with Crippen LogP contribution in [0.1, 0.15) is 36.3 Å². The Morgan fingerprint density at radius 2 is 1.95 bits per heavy atom. The van der Waals surface area contributed by atoms with Crippen LogP contribution in [-0.2, 0) is 14.3 Å². The SMILES string of the molecule is COC(=O)C1C2CC(O)C(c3cc(O)ccc32)C1C(C)=O. The minimum Gasteiger partial charge on any atom is -0.508 e. The van der Waals surface area contributed by atoms with E-state index in [2.05, 4.69) is 0 Å². The van der Waals surface area contributed by atoms with Gasteiger partial charge in [0.2, 0.25) is 0 Å². The molecule has 0 spiro atoms. The van der Waals surface area contributed by atoms with Gasteiger partial charge in [-0.15, -0.1) is 0 Å². The molecule has 1 fully saturated rings. The smallest absolute Gasteiger partial charge is 0.310 e. The van der Waals surface area contributed by atoms with Gasteiger partial charge in [-0.2, -0.15) is 0 Å². The van der Waals surface area contributed by atoms with Gasteiger partial charge in [-0.25, -0.2) is 0 Å². The number of ketones is 1. The second-order valence-electron chi connectivity index (χ2n) is 5.93. The van der Waals surface area contributed by atoms with E-state index in [0.29, 0.717) is 6.42 Å². The summed E-state index contributed by atoms with van der Waals surface area (Å²) in [5.41, 5.74) is 1.70. The van der Waals surface area contributed by atoms with E-state index in [0.717, 1.165) is 11.1 Å². The van der Waals surface area contributed by atoms with Crippen molar-refractivity contribution in [2.75, 3.05) is 7.11 Å². The normalized spacial score (nSPS) is 33.4. The summed E-state index contributed by atoms with van der Waals surface area (Å²) in [6.07, 6.45) is -0.245. The predicted molar refractivity (Wildman–Crippen MR) is 73.9 cm³/mol. The van der Waals surface area contributed by atoms with Crippen LogP contribution in [0.3, 0.4) is 0 Å². The molecule has 1 aromatic rings. The largest absolute Gasteiger partial charge is 0.508 e. The predicted octanol–water partition coefficient (Wildman–Crippen LogP) is 1.33. The van der Waals surface area contributed by atoms with E-state index in [-0.39, 0.29) is 17.5 Å². The van der Waals surface area contributed by atoms with Crippen molar-refractivity contribution in [2.45, 2.75) is 31.3 Å². The zero-order valence-corrected chi connectivity index (χ0v) is 11.9. The van der Waals surface area contributed by atoms with Crippen LogP contribution >= 0.6 is 0 Å². The van der Waals surface area contributed by atoms with E-state index in [9.17, 15) is 19.8 Å². The Balaban J connectivity index is 2.18. The standard InChI is InChI=1S/C16H18O5/c1-7(17)13-14-10-5-8(18)3-4-9(10)11(6-12(14)19)15(13)16(20)21-2/h3-5,11-15,18-19H,6H2,1-2H3. The molecule has 1 saturated carbocycles. The number of phenols is 1.